The van der Waals surface area contributed by atoms with Crippen molar-refractivity contribution in [3.05, 3.63) is 108 Å². The fourth-order valence-electron chi connectivity index (χ4n) is 6.42. The van der Waals surface area contributed by atoms with E-state index in [1.807, 2.05) is 36.5 Å². The molecule has 0 aliphatic carbocycles. The molecular weight excluding hydrogens is 500 g/mol. The highest BCUT2D eigenvalue weighted by Crippen LogP contribution is 2.46. The molecule has 5 aromatic carbocycles. The number of aromatic nitrogens is 2. The largest absolute Gasteiger partial charge is 0.436 e. The molecule has 41 heavy (non-hydrogen) atoms. The highest BCUT2D eigenvalue weighted by molar-refractivity contribution is 6.16. The molecule has 7 aromatic rings. The molecule has 0 fully saturated rings. The number of fused-ring (bicyclic) bond motifs is 5. The summed E-state index contributed by atoms with van der Waals surface area (Å²) in [5.74, 6) is 0.647. The summed E-state index contributed by atoms with van der Waals surface area (Å²) in [4.78, 5) is 9.59. The van der Waals surface area contributed by atoms with E-state index in [-0.39, 0.29) is 10.8 Å². The van der Waals surface area contributed by atoms with Crippen LogP contribution in [0.5, 0.6) is 0 Å². The lowest BCUT2D eigenvalue weighted by molar-refractivity contribution is 0.593. The predicted octanol–water partition coefficient (Wildman–Crippen LogP) is 10.6. The number of hydrogen-bond donors (Lipinski definition) is 0. The zero-order chi connectivity index (χ0) is 28.5. The number of benzene rings is 5. The highest BCUT2D eigenvalue weighted by Gasteiger charge is 2.29. The number of nitrogens with zero attached hydrogens (tertiary/aromatic N) is 2. The van der Waals surface area contributed by atoms with Crippen molar-refractivity contribution in [1.82, 2.24) is 9.97 Å². The minimum absolute atomic E-state index is 0.0647. The van der Waals surface area contributed by atoms with Gasteiger partial charge < -0.3 is 4.42 Å². The summed E-state index contributed by atoms with van der Waals surface area (Å²) in [5.41, 5.74) is 8.70. The van der Waals surface area contributed by atoms with Gasteiger partial charge in [0, 0.05) is 22.5 Å². The molecule has 0 saturated carbocycles. The summed E-state index contributed by atoms with van der Waals surface area (Å²) in [6.07, 6.45) is 1.92. The van der Waals surface area contributed by atoms with Gasteiger partial charge in [-0.25, -0.2) is 4.98 Å². The molecule has 2 heterocycles. The molecule has 0 amide bonds. The Hall–Kier alpha value is -4.50. The lowest BCUT2D eigenvalue weighted by Crippen LogP contribution is -2.18. The molecule has 0 saturated heterocycles. The van der Waals surface area contributed by atoms with E-state index in [2.05, 4.69) is 107 Å². The molecule has 202 valence electrons. The molecule has 7 rings (SSSR count). The van der Waals surface area contributed by atoms with Crippen LogP contribution in [0.15, 0.2) is 102 Å². The second-order valence-electron chi connectivity index (χ2n) is 13.1. The predicted molar refractivity (Wildman–Crippen MR) is 173 cm³/mol. The number of pyridine rings is 1. The van der Waals surface area contributed by atoms with Gasteiger partial charge in [0.2, 0.25) is 5.89 Å². The van der Waals surface area contributed by atoms with Crippen LogP contribution in [0.2, 0.25) is 0 Å². The van der Waals surface area contributed by atoms with Gasteiger partial charge in [0.1, 0.15) is 5.52 Å². The molecule has 0 spiro atoms. The fraction of sp³-hybridized carbons (Fsp3) is 0.211. The SMILES string of the molecule is CC(C)(C)c1c2cc(-c3ccc(-c4nc5ccccc5o4)cc3)ccc2c(C(C)(C)C)c2c1ccc1cccnc12. The maximum Gasteiger partial charge on any atom is 0.227 e. The van der Waals surface area contributed by atoms with E-state index in [9.17, 15) is 0 Å². The van der Waals surface area contributed by atoms with Gasteiger partial charge in [-0.2, -0.15) is 0 Å². The lowest BCUT2D eigenvalue weighted by Gasteiger charge is -2.31. The maximum atomic E-state index is 6.01. The van der Waals surface area contributed by atoms with Crippen LogP contribution < -0.4 is 0 Å². The van der Waals surface area contributed by atoms with Crippen molar-refractivity contribution in [1.29, 1.82) is 0 Å². The zero-order valence-electron chi connectivity index (χ0n) is 24.5. The van der Waals surface area contributed by atoms with E-state index in [0.717, 1.165) is 22.2 Å². The van der Waals surface area contributed by atoms with E-state index >= 15 is 0 Å². The van der Waals surface area contributed by atoms with Gasteiger partial charge in [-0.05, 0) is 85.6 Å². The Bertz CT molecular complexity index is 2070. The third-order valence-electron chi connectivity index (χ3n) is 8.11. The Balaban J connectivity index is 1.46. The smallest absolute Gasteiger partial charge is 0.227 e. The van der Waals surface area contributed by atoms with Crippen molar-refractivity contribution in [2.45, 2.75) is 52.4 Å². The van der Waals surface area contributed by atoms with E-state index in [0.29, 0.717) is 5.89 Å². The Morgan fingerprint density at radius 2 is 1.27 bits per heavy atom. The normalized spacial score (nSPS) is 12.6. The Morgan fingerprint density at radius 3 is 2.00 bits per heavy atom. The van der Waals surface area contributed by atoms with Gasteiger partial charge in [0.05, 0.1) is 5.52 Å². The molecule has 3 heteroatoms. The van der Waals surface area contributed by atoms with Crippen LogP contribution in [0.4, 0.5) is 0 Å². The minimum atomic E-state index is -0.0680. The van der Waals surface area contributed by atoms with E-state index < -0.39 is 0 Å². The second kappa shape index (κ2) is 9.01. The summed E-state index contributed by atoms with van der Waals surface area (Å²) >= 11 is 0. The molecule has 0 N–H and O–H groups in total. The fourth-order valence-corrected chi connectivity index (χ4v) is 6.42. The van der Waals surface area contributed by atoms with Crippen molar-refractivity contribution in [2.24, 2.45) is 0 Å². The Labute approximate surface area is 240 Å². The molecule has 0 radical (unpaired) electrons. The summed E-state index contributed by atoms with van der Waals surface area (Å²) in [7, 11) is 0. The molecule has 0 atom stereocenters. The minimum Gasteiger partial charge on any atom is -0.436 e. The molecule has 0 aliphatic heterocycles. The topological polar surface area (TPSA) is 38.9 Å². The number of hydrogen-bond acceptors (Lipinski definition) is 3. The van der Waals surface area contributed by atoms with Crippen LogP contribution in [0, 0.1) is 0 Å². The third kappa shape index (κ3) is 4.19. The number of rotatable bonds is 2. The zero-order valence-corrected chi connectivity index (χ0v) is 24.5. The quantitative estimate of drug-likeness (QED) is 0.164. The Kier molecular flexibility index (Phi) is 5.59. The average Bonchev–Trinajstić information content (AvgIpc) is 3.39. The van der Waals surface area contributed by atoms with E-state index in [4.69, 9.17) is 9.40 Å². The average molecular weight is 535 g/mol. The highest BCUT2D eigenvalue weighted by atomic mass is 16.3. The van der Waals surface area contributed by atoms with Crippen molar-refractivity contribution >= 4 is 43.5 Å². The Morgan fingerprint density at radius 1 is 0.585 bits per heavy atom. The molecule has 0 aliphatic rings. The van der Waals surface area contributed by atoms with Gasteiger partial charge in [0.25, 0.3) is 0 Å². The molecule has 0 unspecified atom stereocenters. The van der Waals surface area contributed by atoms with E-state index in [1.54, 1.807) is 0 Å². The van der Waals surface area contributed by atoms with Crippen molar-refractivity contribution < 1.29 is 4.42 Å². The van der Waals surface area contributed by atoms with Crippen molar-refractivity contribution in [3.8, 4) is 22.6 Å². The lowest BCUT2D eigenvalue weighted by atomic mass is 9.73. The molecule has 3 nitrogen and oxygen atoms in total. The van der Waals surface area contributed by atoms with Crippen LogP contribution in [0.3, 0.4) is 0 Å². The van der Waals surface area contributed by atoms with Gasteiger partial charge >= 0.3 is 0 Å². The third-order valence-corrected chi connectivity index (χ3v) is 8.11. The van der Waals surface area contributed by atoms with E-state index in [1.165, 1.54) is 49.2 Å². The van der Waals surface area contributed by atoms with Gasteiger partial charge in [-0.1, -0.05) is 96.1 Å². The van der Waals surface area contributed by atoms with Gasteiger partial charge in [-0.3, -0.25) is 4.98 Å². The first-order valence-electron chi connectivity index (χ1n) is 14.3. The first-order chi connectivity index (χ1) is 19.6. The first-order valence-corrected chi connectivity index (χ1v) is 14.3. The monoisotopic (exact) mass is 534 g/mol. The summed E-state index contributed by atoms with van der Waals surface area (Å²) in [6.45, 7) is 13.9. The van der Waals surface area contributed by atoms with Crippen LogP contribution >= 0.6 is 0 Å². The molecule has 0 bridgehead atoms. The standard InChI is InChI=1S/C38H34N2O/c1-37(2,3)33-28-20-17-24-10-9-21-39-35(24)32(28)34(38(4,5)6)27-19-18-26(22-29(27)33)23-13-15-25(16-14-23)36-40-30-11-7-8-12-31(30)41-36/h7-22H,1-6H3. The number of para-hydroxylation sites is 2. The van der Waals surface area contributed by atoms with Crippen LogP contribution in [-0.4, -0.2) is 9.97 Å². The summed E-state index contributed by atoms with van der Waals surface area (Å²) in [5, 5.41) is 6.37. The van der Waals surface area contributed by atoms with Gasteiger partial charge in [-0.15, -0.1) is 0 Å². The maximum absolute atomic E-state index is 6.01. The number of oxazole rings is 1. The molecule has 2 aromatic heterocycles. The summed E-state index contributed by atoms with van der Waals surface area (Å²) in [6, 6.07) is 32.2. The van der Waals surface area contributed by atoms with Crippen molar-refractivity contribution in [2.75, 3.05) is 0 Å². The summed E-state index contributed by atoms with van der Waals surface area (Å²) < 4.78 is 6.01. The first kappa shape index (κ1) is 25.5. The van der Waals surface area contributed by atoms with Crippen LogP contribution in [0.25, 0.3) is 66.1 Å². The van der Waals surface area contributed by atoms with Crippen molar-refractivity contribution in [3.63, 3.8) is 0 Å². The van der Waals surface area contributed by atoms with Crippen LogP contribution in [0.1, 0.15) is 52.7 Å². The molecular formula is C38H34N2O. The van der Waals surface area contributed by atoms with Crippen LogP contribution in [-0.2, 0) is 10.8 Å². The van der Waals surface area contributed by atoms with Gasteiger partial charge in [0.15, 0.2) is 5.58 Å². The second-order valence-corrected chi connectivity index (χ2v) is 13.1.